The second kappa shape index (κ2) is 10.3. The fourth-order valence-corrected chi connectivity index (χ4v) is 3.53. The Morgan fingerprint density at radius 3 is 1.85 bits per heavy atom. The Bertz CT molecular complexity index is 521. The topological polar surface area (TPSA) is 84.5 Å². The van der Waals surface area contributed by atoms with Crippen molar-refractivity contribution in [2.45, 2.75) is 78.7 Å². The smallest absolute Gasteiger partial charge is 0.320 e. The van der Waals surface area contributed by atoms with Gasteiger partial charge in [-0.05, 0) is 44.8 Å². The van der Waals surface area contributed by atoms with E-state index in [0.717, 1.165) is 0 Å². The molecule has 7 heteroatoms. The molecule has 0 saturated carbocycles. The van der Waals surface area contributed by atoms with E-state index in [2.05, 4.69) is 10.6 Å². The van der Waals surface area contributed by atoms with E-state index in [0.29, 0.717) is 6.42 Å². The Balaban J connectivity index is 5.67. The van der Waals surface area contributed by atoms with E-state index in [9.17, 15) is 14.4 Å². The molecule has 0 heterocycles. The molecule has 0 unspecified atom stereocenters. The average molecular weight is 403 g/mol. The third-order valence-electron chi connectivity index (χ3n) is 3.98. The molecular weight excluding hydrogens is 364 g/mol. The van der Waals surface area contributed by atoms with Crippen molar-refractivity contribution < 1.29 is 19.1 Å². The molecule has 27 heavy (non-hydrogen) atoms. The number of carbonyl (C=O) groups is 3. The van der Waals surface area contributed by atoms with E-state index < -0.39 is 34.2 Å². The lowest BCUT2D eigenvalue weighted by molar-refractivity contribution is -0.156. The van der Waals surface area contributed by atoms with Gasteiger partial charge in [-0.2, -0.15) is 0 Å². The molecule has 0 aromatic rings. The number of likely N-dealkylation sites (N-methyl/N-ethyl adjacent to an activating group) is 1. The normalized spacial score (nSPS) is 15.7. The molecule has 0 aliphatic heterocycles. The van der Waals surface area contributed by atoms with Crippen molar-refractivity contribution in [3.8, 4) is 0 Å². The number of amides is 2. The summed E-state index contributed by atoms with van der Waals surface area (Å²) in [6.45, 7) is 15.1. The highest BCUT2D eigenvalue weighted by molar-refractivity contribution is 7.99. The Morgan fingerprint density at radius 1 is 1.00 bits per heavy atom. The highest BCUT2D eigenvalue weighted by Crippen LogP contribution is 2.28. The number of nitrogens with one attached hydrogen (secondary N) is 2. The van der Waals surface area contributed by atoms with E-state index in [1.807, 2.05) is 34.6 Å². The Hall–Kier alpha value is -1.24. The lowest BCUT2D eigenvalue weighted by Gasteiger charge is -2.33. The average Bonchev–Trinajstić information content (AvgIpc) is 2.48. The predicted octanol–water partition coefficient (Wildman–Crippen LogP) is 3.00. The number of thioether (sulfide) groups is 1. The molecule has 0 aliphatic carbocycles. The molecule has 0 bridgehead atoms. The summed E-state index contributed by atoms with van der Waals surface area (Å²) in [5.41, 5.74) is -1.08. The van der Waals surface area contributed by atoms with Gasteiger partial charge in [0, 0.05) is 7.05 Å². The highest BCUT2D eigenvalue weighted by atomic mass is 32.2. The number of hydrogen-bond donors (Lipinski definition) is 2. The number of ether oxygens (including phenoxy) is 1. The molecule has 3 atom stereocenters. The molecule has 158 valence electrons. The first kappa shape index (κ1) is 25.8. The molecule has 0 fully saturated rings. The van der Waals surface area contributed by atoms with Crippen LogP contribution in [-0.4, -0.2) is 48.0 Å². The summed E-state index contributed by atoms with van der Waals surface area (Å²) in [6, 6.07) is -0.689. The maximum absolute atomic E-state index is 13.1. The van der Waals surface area contributed by atoms with Crippen LogP contribution >= 0.6 is 11.8 Å². The molecule has 0 rings (SSSR count). The van der Waals surface area contributed by atoms with Crippen LogP contribution in [0.5, 0.6) is 0 Å². The van der Waals surface area contributed by atoms with E-state index in [4.69, 9.17) is 4.74 Å². The molecule has 2 N–H and O–H groups in total. The zero-order valence-electron chi connectivity index (χ0n) is 18.6. The van der Waals surface area contributed by atoms with Gasteiger partial charge in [-0.3, -0.25) is 14.4 Å². The van der Waals surface area contributed by atoms with Gasteiger partial charge in [0.2, 0.25) is 11.8 Å². The van der Waals surface area contributed by atoms with Crippen LogP contribution in [-0.2, 0) is 19.1 Å². The van der Waals surface area contributed by atoms with Crippen molar-refractivity contribution in [1.82, 2.24) is 10.6 Å². The quantitative estimate of drug-likeness (QED) is 0.610. The first-order chi connectivity index (χ1) is 12.1. The molecule has 0 aliphatic rings. The molecule has 0 saturated heterocycles. The molecule has 0 spiro atoms. The van der Waals surface area contributed by atoms with Gasteiger partial charge in [-0.1, -0.05) is 34.6 Å². The van der Waals surface area contributed by atoms with Gasteiger partial charge in [0.05, 0.1) is 5.92 Å². The van der Waals surface area contributed by atoms with Gasteiger partial charge >= 0.3 is 5.97 Å². The van der Waals surface area contributed by atoms with E-state index in [-0.39, 0.29) is 17.7 Å². The van der Waals surface area contributed by atoms with E-state index in [1.54, 1.807) is 34.1 Å². The van der Waals surface area contributed by atoms with Crippen LogP contribution < -0.4 is 10.6 Å². The number of hydrogen-bond acceptors (Lipinski definition) is 5. The minimum absolute atomic E-state index is 0.214. The zero-order chi connectivity index (χ0) is 21.6. The molecular formula is C20H38N2O4S. The van der Waals surface area contributed by atoms with Crippen molar-refractivity contribution in [2.75, 3.05) is 13.3 Å². The number of carbonyl (C=O) groups excluding carboxylic acids is 3. The SMILES string of the molecule is CNC(=O)[C@@H](NC(=O)[C@@H](CC(C)C)[C@@H](SC)C(=O)OC(C)(C)C)C(C)(C)C. The van der Waals surface area contributed by atoms with Gasteiger partial charge in [0.1, 0.15) is 16.9 Å². The maximum atomic E-state index is 13.1. The summed E-state index contributed by atoms with van der Waals surface area (Å²) in [5.74, 6) is -1.31. The summed E-state index contributed by atoms with van der Waals surface area (Å²) in [6.07, 6.45) is 2.33. The van der Waals surface area contributed by atoms with Crippen molar-refractivity contribution in [2.24, 2.45) is 17.3 Å². The van der Waals surface area contributed by atoms with E-state index in [1.165, 1.54) is 11.8 Å². The maximum Gasteiger partial charge on any atom is 0.320 e. The molecule has 0 aromatic carbocycles. The molecule has 6 nitrogen and oxygen atoms in total. The van der Waals surface area contributed by atoms with Gasteiger partial charge in [0.25, 0.3) is 0 Å². The monoisotopic (exact) mass is 402 g/mol. The van der Waals surface area contributed by atoms with Crippen LogP contribution in [0.25, 0.3) is 0 Å². The fourth-order valence-electron chi connectivity index (χ4n) is 2.73. The standard InChI is InChI=1S/C20H38N2O4S/c1-12(2)11-13(14(27-10)18(25)26-20(6,7)8)16(23)22-15(17(24)21-9)19(3,4)5/h12-15H,11H2,1-10H3,(H,21,24)(H,22,23)/t13-,14+,15+/m0/s1. The lowest BCUT2D eigenvalue weighted by atomic mass is 9.85. The lowest BCUT2D eigenvalue weighted by Crippen LogP contribution is -2.55. The first-order valence-electron chi connectivity index (χ1n) is 9.41. The van der Waals surface area contributed by atoms with Crippen LogP contribution in [0.15, 0.2) is 0 Å². The van der Waals surface area contributed by atoms with Gasteiger partial charge in [0.15, 0.2) is 0 Å². The van der Waals surface area contributed by atoms with Gasteiger partial charge in [-0.15, -0.1) is 11.8 Å². The molecule has 2 amide bonds. The summed E-state index contributed by atoms with van der Waals surface area (Å²) in [7, 11) is 1.55. The van der Waals surface area contributed by atoms with Crippen LogP contribution in [0, 0.1) is 17.3 Å². The predicted molar refractivity (Wildman–Crippen MR) is 112 cm³/mol. The fraction of sp³-hybridized carbons (Fsp3) is 0.850. The van der Waals surface area contributed by atoms with Crippen LogP contribution in [0.4, 0.5) is 0 Å². The Labute approximate surface area is 168 Å². The van der Waals surface area contributed by atoms with Crippen LogP contribution in [0.3, 0.4) is 0 Å². The second-order valence-electron chi connectivity index (χ2n) is 9.35. The number of rotatable bonds is 8. The van der Waals surface area contributed by atoms with Crippen LogP contribution in [0.1, 0.15) is 61.8 Å². The van der Waals surface area contributed by atoms with Gasteiger partial charge < -0.3 is 15.4 Å². The summed E-state index contributed by atoms with van der Waals surface area (Å²) in [4.78, 5) is 38.1. The summed E-state index contributed by atoms with van der Waals surface area (Å²) in [5, 5.41) is 4.85. The zero-order valence-corrected chi connectivity index (χ0v) is 19.4. The van der Waals surface area contributed by atoms with Crippen molar-refractivity contribution in [1.29, 1.82) is 0 Å². The van der Waals surface area contributed by atoms with Gasteiger partial charge in [-0.25, -0.2) is 0 Å². The number of esters is 1. The third-order valence-corrected chi connectivity index (χ3v) is 5.01. The minimum Gasteiger partial charge on any atom is -0.459 e. The minimum atomic E-state index is -0.689. The third kappa shape index (κ3) is 9.00. The molecule has 0 radical (unpaired) electrons. The van der Waals surface area contributed by atoms with Crippen LogP contribution in [0.2, 0.25) is 0 Å². The van der Waals surface area contributed by atoms with Crippen molar-refractivity contribution in [3.05, 3.63) is 0 Å². The van der Waals surface area contributed by atoms with Crippen molar-refractivity contribution in [3.63, 3.8) is 0 Å². The van der Waals surface area contributed by atoms with Crippen molar-refractivity contribution >= 4 is 29.5 Å². The highest BCUT2D eigenvalue weighted by Gasteiger charge is 2.40. The largest absolute Gasteiger partial charge is 0.459 e. The summed E-state index contributed by atoms with van der Waals surface area (Å²) < 4.78 is 5.53. The van der Waals surface area contributed by atoms with E-state index >= 15 is 0 Å². The first-order valence-corrected chi connectivity index (χ1v) is 10.7. The molecule has 0 aromatic heterocycles. The Kier molecular flexibility index (Phi) is 9.87. The summed E-state index contributed by atoms with van der Waals surface area (Å²) >= 11 is 1.31. The second-order valence-corrected chi connectivity index (χ2v) is 10.3. The Morgan fingerprint density at radius 2 is 1.52 bits per heavy atom.